The minimum Gasteiger partial charge on any atom is -0.467 e. The van der Waals surface area contributed by atoms with Gasteiger partial charge in [-0.15, -0.1) is 10.2 Å². The summed E-state index contributed by atoms with van der Waals surface area (Å²) in [6, 6.07) is 6.05. The fourth-order valence-electron chi connectivity index (χ4n) is 3.35. The van der Waals surface area contributed by atoms with Crippen LogP contribution in [0.3, 0.4) is 0 Å². The molecule has 24 heavy (non-hydrogen) atoms. The monoisotopic (exact) mass is 346 g/mol. The van der Waals surface area contributed by atoms with Crippen molar-refractivity contribution in [1.82, 2.24) is 10.2 Å². The van der Waals surface area contributed by atoms with Gasteiger partial charge in [0.2, 0.25) is 0 Å². The second-order valence-electron chi connectivity index (χ2n) is 6.34. The number of fused-ring (bicyclic) bond motifs is 2. The van der Waals surface area contributed by atoms with Crippen molar-refractivity contribution in [2.75, 3.05) is 20.5 Å². The maximum atomic E-state index is 6.32. The van der Waals surface area contributed by atoms with Crippen LogP contribution >= 0.6 is 11.6 Å². The summed E-state index contributed by atoms with van der Waals surface area (Å²) >= 11 is 6.32. The Morgan fingerprint density at radius 2 is 2.12 bits per heavy atom. The van der Waals surface area contributed by atoms with Crippen molar-refractivity contribution < 1.29 is 14.2 Å². The zero-order valence-electron chi connectivity index (χ0n) is 13.8. The lowest BCUT2D eigenvalue weighted by Gasteiger charge is -2.28. The third-order valence-corrected chi connectivity index (χ3v) is 4.94. The number of nitrogens with zero attached hydrogens (tertiary/aromatic N) is 2. The zero-order valence-corrected chi connectivity index (χ0v) is 14.5. The molecule has 0 radical (unpaired) electrons. The Labute approximate surface area is 145 Å². The van der Waals surface area contributed by atoms with Crippen LogP contribution in [0.25, 0.3) is 11.3 Å². The number of hydrogen-bond donors (Lipinski definition) is 0. The van der Waals surface area contributed by atoms with Gasteiger partial charge in [0.05, 0.1) is 12.2 Å². The highest BCUT2D eigenvalue weighted by molar-refractivity contribution is 6.30. The van der Waals surface area contributed by atoms with E-state index in [2.05, 4.69) is 10.2 Å². The first-order valence-corrected chi connectivity index (χ1v) is 8.45. The third kappa shape index (κ3) is 2.57. The van der Waals surface area contributed by atoms with Crippen LogP contribution < -0.4 is 4.74 Å². The summed E-state index contributed by atoms with van der Waals surface area (Å²) in [7, 11) is 1.60. The quantitative estimate of drug-likeness (QED) is 0.791. The summed E-state index contributed by atoms with van der Waals surface area (Å²) < 4.78 is 16.9. The van der Waals surface area contributed by atoms with Crippen LogP contribution in [0.4, 0.5) is 0 Å². The van der Waals surface area contributed by atoms with Gasteiger partial charge in [-0.25, -0.2) is 0 Å². The average Bonchev–Trinajstić information content (AvgIpc) is 3.34. The second-order valence-corrected chi connectivity index (χ2v) is 6.69. The highest BCUT2D eigenvalue weighted by Crippen LogP contribution is 2.56. The van der Waals surface area contributed by atoms with E-state index < -0.39 is 0 Å². The van der Waals surface area contributed by atoms with Gasteiger partial charge in [-0.3, -0.25) is 0 Å². The van der Waals surface area contributed by atoms with E-state index >= 15 is 0 Å². The van der Waals surface area contributed by atoms with Crippen LogP contribution in [0.15, 0.2) is 18.2 Å². The predicted molar refractivity (Wildman–Crippen MR) is 90.3 cm³/mol. The summed E-state index contributed by atoms with van der Waals surface area (Å²) in [5, 5.41) is 9.07. The maximum absolute atomic E-state index is 6.32. The van der Waals surface area contributed by atoms with E-state index in [1.807, 2.05) is 25.1 Å². The fourth-order valence-corrected chi connectivity index (χ4v) is 3.58. The number of aromatic nitrogens is 2. The van der Waals surface area contributed by atoms with Crippen molar-refractivity contribution >= 4 is 11.6 Å². The smallest absolute Gasteiger partial charge is 0.188 e. The Morgan fingerprint density at radius 3 is 2.88 bits per heavy atom. The summed E-state index contributed by atoms with van der Waals surface area (Å²) in [5.41, 5.74) is 4.71. The number of ether oxygens (including phenoxy) is 3. The molecule has 1 aromatic heterocycles. The van der Waals surface area contributed by atoms with Gasteiger partial charge < -0.3 is 14.2 Å². The lowest BCUT2D eigenvalue weighted by Crippen LogP contribution is -2.25. The van der Waals surface area contributed by atoms with Crippen LogP contribution in [-0.4, -0.2) is 30.7 Å². The van der Waals surface area contributed by atoms with Crippen LogP contribution in [0.5, 0.6) is 5.75 Å². The Bertz CT molecular complexity index is 790. The molecule has 1 saturated carbocycles. The molecule has 1 aliphatic heterocycles. The Kier molecular flexibility index (Phi) is 3.95. The minimum absolute atomic E-state index is 0.182. The van der Waals surface area contributed by atoms with Crippen LogP contribution in [-0.2, 0) is 21.5 Å². The summed E-state index contributed by atoms with van der Waals surface area (Å²) in [4.78, 5) is 0. The molecular weight excluding hydrogens is 328 g/mol. The van der Waals surface area contributed by atoms with Gasteiger partial charge in [0.25, 0.3) is 0 Å². The molecule has 0 atom stereocenters. The van der Waals surface area contributed by atoms with Gasteiger partial charge in [-0.1, -0.05) is 17.7 Å². The van der Waals surface area contributed by atoms with Crippen molar-refractivity contribution in [3.63, 3.8) is 0 Å². The molecule has 0 N–H and O–H groups in total. The number of hydrogen-bond acceptors (Lipinski definition) is 5. The molecule has 4 rings (SSSR count). The summed E-state index contributed by atoms with van der Waals surface area (Å²) in [5.74, 6) is 0.733. The molecule has 2 aliphatic rings. The molecule has 1 fully saturated rings. The highest BCUT2D eigenvalue weighted by atomic mass is 35.5. The van der Waals surface area contributed by atoms with E-state index in [1.165, 1.54) is 0 Å². The largest absolute Gasteiger partial charge is 0.467 e. The van der Waals surface area contributed by atoms with Gasteiger partial charge in [-0.05, 0) is 43.9 Å². The van der Waals surface area contributed by atoms with E-state index in [0.29, 0.717) is 11.8 Å². The summed E-state index contributed by atoms with van der Waals surface area (Å²) in [6.45, 7) is 2.89. The Hall–Kier alpha value is -1.69. The predicted octanol–water partition coefficient (Wildman–Crippen LogP) is 3.65. The number of rotatable bonds is 4. The van der Waals surface area contributed by atoms with Crippen LogP contribution in [0.2, 0.25) is 5.15 Å². The Morgan fingerprint density at radius 1 is 1.29 bits per heavy atom. The third-order valence-electron chi connectivity index (χ3n) is 4.64. The van der Waals surface area contributed by atoms with Gasteiger partial charge in [0, 0.05) is 23.8 Å². The molecule has 0 bridgehead atoms. The SMILES string of the molecule is COCOc1cc(C)ccc1-c1nnc(Cl)c2c1C1(CC1)OCC2. The second kappa shape index (κ2) is 5.99. The first kappa shape index (κ1) is 15.8. The molecule has 0 unspecified atom stereocenters. The summed E-state index contributed by atoms with van der Waals surface area (Å²) in [6.07, 6.45) is 2.75. The molecule has 2 aromatic rings. The number of halogens is 1. The number of benzene rings is 1. The van der Waals surface area contributed by atoms with Gasteiger partial charge in [0.15, 0.2) is 11.9 Å². The minimum atomic E-state index is -0.244. The van der Waals surface area contributed by atoms with Gasteiger partial charge >= 0.3 is 0 Å². The van der Waals surface area contributed by atoms with Crippen molar-refractivity contribution in [3.05, 3.63) is 40.0 Å². The normalized spacial score (nSPS) is 17.6. The highest BCUT2D eigenvalue weighted by Gasteiger charge is 2.51. The first-order valence-electron chi connectivity index (χ1n) is 8.07. The van der Waals surface area contributed by atoms with Crippen molar-refractivity contribution in [2.24, 2.45) is 0 Å². The Balaban J connectivity index is 1.89. The topological polar surface area (TPSA) is 53.5 Å². The maximum Gasteiger partial charge on any atom is 0.188 e. The number of methoxy groups -OCH3 is 1. The van der Waals surface area contributed by atoms with Crippen molar-refractivity contribution in [2.45, 2.75) is 31.8 Å². The molecule has 1 aliphatic carbocycles. The lowest BCUT2D eigenvalue weighted by atomic mass is 9.92. The average molecular weight is 347 g/mol. The molecule has 2 heterocycles. The molecule has 6 heteroatoms. The van der Waals surface area contributed by atoms with Gasteiger partial charge in [-0.2, -0.15) is 0 Å². The molecule has 1 aromatic carbocycles. The fraction of sp³-hybridized carbons (Fsp3) is 0.444. The molecule has 1 spiro atoms. The van der Waals surface area contributed by atoms with E-state index in [1.54, 1.807) is 7.11 Å². The first-order chi connectivity index (χ1) is 11.6. The number of aryl methyl sites for hydroxylation is 1. The molecule has 0 saturated heterocycles. The standard InChI is InChI=1S/C18H19ClN2O3/c1-11-3-4-12(14(9-11)23-10-22-2)16-15-13(17(19)21-20-16)5-8-24-18(15)6-7-18/h3-4,9H,5-8,10H2,1-2H3. The van der Waals surface area contributed by atoms with Crippen LogP contribution in [0.1, 0.15) is 29.5 Å². The zero-order chi connectivity index (χ0) is 16.7. The van der Waals surface area contributed by atoms with E-state index in [-0.39, 0.29) is 12.4 Å². The van der Waals surface area contributed by atoms with Crippen molar-refractivity contribution in [3.8, 4) is 17.0 Å². The lowest BCUT2D eigenvalue weighted by molar-refractivity contribution is 0.0198. The van der Waals surface area contributed by atoms with Crippen molar-refractivity contribution in [1.29, 1.82) is 0 Å². The van der Waals surface area contributed by atoms with E-state index in [0.717, 1.165) is 53.0 Å². The van der Waals surface area contributed by atoms with Gasteiger partial charge in [0.1, 0.15) is 11.4 Å². The molecular formula is C18H19ClN2O3. The molecule has 0 amide bonds. The molecule has 126 valence electrons. The molecule has 5 nitrogen and oxygen atoms in total. The van der Waals surface area contributed by atoms with E-state index in [9.17, 15) is 0 Å². The van der Waals surface area contributed by atoms with Crippen LogP contribution in [0, 0.1) is 6.92 Å². The van der Waals surface area contributed by atoms with E-state index in [4.69, 9.17) is 25.8 Å².